The summed E-state index contributed by atoms with van der Waals surface area (Å²) in [6, 6.07) is 44.9. The zero-order chi connectivity index (χ0) is 31.8. The van der Waals surface area contributed by atoms with Crippen LogP contribution in [0.4, 0.5) is 0 Å². The van der Waals surface area contributed by atoms with E-state index < -0.39 is 0 Å². The molecule has 0 N–H and O–H groups in total. The lowest BCUT2D eigenvalue weighted by Crippen LogP contribution is -2.55. The number of hydrogen-bond acceptors (Lipinski definition) is 4. The summed E-state index contributed by atoms with van der Waals surface area (Å²) in [6.07, 6.45) is 6.78. The molecule has 4 nitrogen and oxygen atoms in total. The van der Waals surface area contributed by atoms with Crippen LogP contribution in [0.2, 0.25) is 0 Å². The molecule has 0 unspecified atom stereocenters. The van der Waals surface area contributed by atoms with Gasteiger partial charge >= 0.3 is 0 Å². The molecule has 4 fully saturated rings. The monoisotopic (exact) mass is 618 g/mol. The maximum Gasteiger partial charge on any atom is 0.164 e. The zero-order valence-electron chi connectivity index (χ0n) is 26.7. The van der Waals surface area contributed by atoms with Gasteiger partial charge in [-0.25, -0.2) is 15.0 Å². The first-order valence-electron chi connectivity index (χ1n) is 17.3. The lowest BCUT2D eigenvalue weighted by atomic mass is 9.43. The molecule has 5 aromatic carbocycles. The van der Waals surface area contributed by atoms with Crippen molar-refractivity contribution < 1.29 is 0 Å². The number of fused-ring (bicyclic) bond motifs is 3. The van der Waals surface area contributed by atoms with Crippen molar-refractivity contribution in [3.8, 4) is 62.5 Å². The number of hydrogen-bond donors (Lipinski definition) is 0. The van der Waals surface area contributed by atoms with Crippen LogP contribution in [-0.2, 0) is 5.41 Å². The molecular formula is C44H34N4. The van der Waals surface area contributed by atoms with E-state index in [0.29, 0.717) is 34.9 Å². The number of benzene rings is 5. The fraction of sp³-hybridized carbons (Fsp3) is 0.227. The van der Waals surface area contributed by atoms with Crippen molar-refractivity contribution in [2.45, 2.75) is 37.5 Å². The van der Waals surface area contributed by atoms with Gasteiger partial charge < -0.3 is 0 Å². The highest BCUT2D eigenvalue weighted by atomic mass is 15.0. The van der Waals surface area contributed by atoms with Gasteiger partial charge in [-0.2, -0.15) is 5.26 Å². The Balaban J connectivity index is 1.20. The molecule has 5 aliphatic carbocycles. The zero-order valence-corrected chi connectivity index (χ0v) is 26.7. The minimum absolute atomic E-state index is 0.0444. The van der Waals surface area contributed by atoms with Crippen molar-refractivity contribution >= 4 is 0 Å². The summed E-state index contributed by atoms with van der Waals surface area (Å²) in [5, 5.41) is 9.52. The van der Waals surface area contributed by atoms with E-state index in [4.69, 9.17) is 15.0 Å². The summed E-state index contributed by atoms with van der Waals surface area (Å²) in [5.74, 6) is 5.14. The molecule has 4 saturated carbocycles. The van der Waals surface area contributed by atoms with E-state index in [1.165, 1.54) is 59.9 Å². The predicted octanol–water partition coefficient (Wildman–Crippen LogP) is 10.1. The molecule has 0 aliphatic heterocycles. The van der Waals surface area contributed by atoms with Gasteiger partial charge in [0.1, 0.15) is 0 Å². The largest absolute Gasteiger partial charge is 0.208 e. The molecule has 1 heterocycles. The van der Waals surface area contributed by atoms with Crippen LogP contribution in [-0.4, -0.2) is 15.0 Å². The quantitative estimate of drug-likeness (QED) is 0.197. The van der Waals surface area contributed by atoms with E-state index in [2.05, 4.69) is 78.9 Å². The maximum absolute atomic E-state index is 9.52. The van der Waals surface area contributed by atoms with Crippen molar-refractivity contribution in [2.75, 3.05) is 0 Å². The van der Waals surface area contributed by atoms with Crippen LogP contribution in [0, 0.1) is 35.0 Å². The van der Waals surface area contributed by atoms with Crippen LogP contribution < -0.4 is 0 Å². The van der Waals surface area contributed by atoms with E-state index in [0.717, 1.165) is 34.1 Å². The molecule has 0 amide bonds. The Bertz CT molecular complexity index is 2160. The average Bonchev–Trinajstić information content (AvgIpc) is 3.44. The van der Waals surface area contributed by atoms with Gasteiger partial charge in [-0.05, 0) is 107 Å². The SMILES string of the molecule is N#Cc1ccc(-c2cccc3c2-c2cc(-c4nc(-c5ccccc5)nc(-c5ccccc5)n4)ccc2C32C3CC4CC(C3)CC2C4)cc1. The Morgan fingerprint density at radius 2 is 1.06 bits per heavy atom. The Labute approximate surface area is 281 Å². The summed E-state index contributed by atoms with van der Waals surface area (Å²) in [7, 11) is 0. The van der Waals surface area contributed by atoms with Crippen LogP contribution in [0.3, 0.4) is 0 Å². The summed E-state index contributed by atoms with van der Waals surface area (Å²) >= 11 is 0. The first-order chi connectivity index (χ1) is 23.7. The molecule has 1 spiro atoms. The van der Waals surface area contributed by atoms with Crippen molar-refractivity contribution in [1.82, 2.24) is 15.0 Å². The smallest absolute Gasteiger partial charge is 0.164 e. The lowest BCUT2D eigenvalue weighted by molar-refractivity contribution is -0.0399. The fourth-order valence-corrected chi connectivity index (χ4v) is 10.3. The van der Waals surface area contributed by atoms with Crippen LogP contribution >= 0.6 is 0 Å². The molecule has 6 aromatic rings. The molecule has 230 valence electrons. The minimum Gasteiger partial charge on any atom is -0.208 e. The molecule has 0 radical (unpaired) electrons. The first-order valence-corrected chi connectivity index (χ1v) is 17.3. The van der Waals surface area contributed by atoms with E-state index in [-0.39, 0.29) is 5.41 Å². The summed E-state index contributed by atoms with van der Waals surface area (Å²) in [5.41, 5.74) is 11.8. The van der Waals surface area contributed by atoms with Crippen molar-refractivity contribution in [2.24, 2.45) is 23.7 Å². The second-order valence-corrected chi connectivity index (χ2v) is 14.4. The van der Waals surface area contributed by atoms with Gasteiger partial charge in [0.05, 0.1) is 11.6 Å². The second kappa shape index (κ2) is 10.6. The summed E-state index contributed by atoms with van der Waals surface area (Å²) in [4.78, 5) is 15.2. The third-order valence-corrected chi connectivity index (χ3v) is 12.0. The topological polar surface area (TPSA) is 62.5 Å². The molecule has 48 heavy (non-hydrogen) atoms. The average molecular weight is 619 g/mol. The van der Waals surface area contributed by atoms with Gasteiger partial charge in [-0.3, -0.25) is 0 Å². The van der Waals surface area contributed by atoms with Crippen molar-refractivity contribution in [1.29, 1.82) is 5.26 Å². The Morgan fingerprint density at radius 1 is 0.500 bits per heavy atom. The second-order valence-electron chi connectivity index (χ2n) is 14.4. The van der Waals surface area contributed by atoms with Crippen molar-refractivity contribution in [3.05, 3.63) is 138 Å². The van der Waals surface area contributed by atoms with Crippen LogP contribution in [0.1, 0.15) is 48.8 Å². The van der Waals surface area contributed by atoms with E-state index in [1.54, 1.807) is 0 Å². The van der Waals surface area contributed by atoms with E-state index in [1.807, 2.05) is 48.5 Å². The highest BCUT2D eigenvalue weighted by Crippen LogP contribution is 2.70. The van der Waals surface area contributed by atoms with Crippen LogP contribution in [0.15, 0.2) is 121 Å². The lowest BCUT2D eigenvalue weighted by Gasteiger charge is -2.61. The molecule has 4 bridgehead atoms. The Hall–Kier alpha value is -5.40. The molecule has 0 atom stereocenters. The Morgan fingerprint density at radius 3 is 1.65 bits per heavy atom. The number of rotatable bonds is 4. The van der Waals surface area contributed by atoms with Crippen LogP contribution in [0.5, 0.6) is 0 Å². The highest BCUT2D eigenvalue weighted by molar-refractivity contribution is 5.94. The highest BCUT2D eigenvalue weighted by Gasteiger charge is 2.61. The molecular weight excluding hydrogens is 585 g/mol. The van der Waals surface area contributed by atoms with Gasteiger partial charge in [0.15, 0.2) is 17.5 Å². The van der Waals surface area contributed by atoms with Gasteiger partial charge in [0.2, 0.25) is 0 Å². The van der Waals surface area contributed by atoms with E-state index in [9.17, 15) is 5.26 Å². The normalized spacial score (nSPS) is 24.3. The Kier molecular flexibility index (Phi) is 6.09. The summed E-state index contributed by atoms with van der Waals surface area (Å²) < 4.78 is 0. The van der Waals surface area contributed by atoms with Gasteiger partial charge in [0, 0.05) is 22.1 Å². The molecule has 5 aliphatic rings. The third-order valence-electron chi connectivity index (χ3n) is 12.0. The van der Waals surface area contributed by atoms with E-state index >= 15 is 0 Å². The number of nitrogens with zero attached hydrogens (tertiary/aromatic N) is 4. The van der Waals surface area contributed by atoms with Crippen molar-refractivity contribution in [3.63, 3.8) is 0 Å². The number of nitriles is 1. The van der Waals surface area contributed by atoms with Gasteiger partial charge in [-0.15, -0.1) is 0 Å². The molecule has 1 aromatic heterocycles. The fourth-order valence-electron chi connectivity index (χ4n) is 10.3. The molecule has 0 saturated heterocycles. The van der Waals surface area contributed by atoms with Gasteiger partial charge in [-0.1, -0.05) is 103 Å². The van der Waals surface area contributed by atoms with Gasteiger partial charge in [0.25, 0.3) is 0 Å². The number of aromatic nitrogens is 3. The third kappa shape index (κ3) is 4.04. The first kappa shape index (κ1) is 27.7. The molecule has 4 heteroatoms. The van der Waals surface area contributed by atoms with Crippen LogP contribution in [0.25, 0.3) is 56.4 Å². The standard InChI is InChI=1S/C44H34N4/c45-26-27-14-16-30(17-15-27)36-12-7-13-39-40(36)37-25-33(18-19-38(37)44(39)34-21-28-20-29(23-34)24-35(44)22-28)43-47-41(31-8-3-1-4-9-31)46-42(48-43)32-10-5-2-6-11-32/h1-19,25,28-29,34-35H,20-24H2. The predicted molar refractivity (Wildman–Crippen MR) is 190 cm³/mol. The maximum atomic E-state index is 9.52. The summed E-state index contributed by atoms with van der Waals surface area (Å²) in [6.45, 7) is 0. The minimum atomic E-state index is 0.0444. The molecule has 11 rings (SSSR count).